The molecule has 0 atom stereocenters. The van der Waals surface area contributed by atoms with Gasteiger partial charge in [-0.25, -0.2) is 4.39 Å². The predicted molar refractivity (Wildman–Crippen MR) is 64.7 cm³/mol. The van der Waals surface area contributed by atoms with Crippen LogP contribution in [0.3, 0.4) is 0 Å². The zero-order valence-electron chi connectivity index (χ0n) is 10.3. The minimum Gasteiger partial charge on any atom is -0.418 e. The second kappa shape index (κ2) is 11.5. The highest BCUT2D eigenvalue weighted by molar-refractivity contribution is 9.10. The fraction of sp³-hybridized carbons (Fsp3) is 0. The SMILES string of the molecule is F[B-](F)(F)F.F[B-](F)(F)F.F[B-](F)(F)F.Fc1cccc(Br)c1. The topological polar surface area (TPSA) is 0 Å². The number of hydrogen-bond acceptors (Lipinski definition) is 0. The van der Waals surface area contributed by atoms with Gasteiger partial charge in [-0.05, 0) is 18.2 Å². The Morgan fingerprint density at radius 1 is 0.609 bits per heavy atom. The van der Waals surface area contributed by atoms with Crippen LogP contribution in [0, 0.1) is 5.82 Å². The van der Waals surface area contributed by atoms with Gasteiger partial charge in [0.2, 0.25) is 0 Å². The second-order valence-corrected chi connectivity index (χ2v) is 3.84. The fourth-order valence-corrected chi connectivity index (χ4v) is 0.831. The maximum atomic E-state index is 12.1. The zero-order chi connectivity index (χ0) is 19.5. The molecular weight excluding hydrogens is 431 g/mol. The lowest BCUT2D eigenvalue weighted by Crippen LogP contribution is -2.02. The van der Waals surface area contributed by atoms with Crippen LogP contribution < -0.4 is 0 Å². The van der Waals surface area contributed by atoms with Crippen LogP contribution in [0.1, 0.15) is 0 Å². The van der Waals surface area contributed by atoms with Crippen LogP contribution in [0.2, 0.25) is 0 Å². The van der Waals surface area contributed by atoms with Gasteiger partial charge in [0.25, 0.3) is 0 Å². The standard InChI is InChI=1S/C6H4BrF.3BF4/c7-5-2-1-3-6(8)4-5;3*2-1(3,4)5/h1-4H;;;/q;3*-1. The molecule has 1 aromatic rings. The van der Waals surface area contributed by atoms with Gasteiger partial charge in [0.15, 0.2) is 0 Å². The molecule has 0 saturated heterocycles. The summed E-state index contributed by atoms with van der Waals surface area (Å²) in [7, 11) is -18.0. The third-order valence-electron chi connectivity index (χ3n) is 0.787. The summed E-state index contributed by atoms with van der Waals surface area (Å²) in [6.45, 7) is 0. The van der Waals surface area contributed by atoms with Gasteiger partial charge in [0.05, 0.1) is 0 Å². The molecule has 0 unspecified atom stereocenters. The molecule has 0 fully saturated rings. The van der Waals surface area contributed by atoms with Crippen molar-refractivity contribution in [3.63, 3.8) is 0 Å². The Morgan fingerprint density at radius 2 is 0.870 bits per heavy atom. The van der Waals surface area contributed by atoms with Crippen LogP contribution in [0.25, 0.3) is 0 Å². The molecule has 17 heteroatoms. The van der Waals surface area contributed by atoms with E-state index in [1.165, 1.54) is 12.1 Å². The summed E-state index contributed by atoms with van der Waals surface area (Å²) in [6.07, 6.45) is 0. The van der Waals surface area contributed by atoms with Crippen molar-refractivity contribution in [1.29, 1.82) is 0 Å². The molecule has 0 radical (unpaired) electrons. The average Bonchev–Trinajstić information content (AvgIpc) is 2.07. The van der Waals surface area contributed by atoms with E-state index in [-0.39, 0.29) is 5.82 Å². The molecule has 0 heterocycles. The van der Waals surface area contributed by atoms with Crippen LogP contribution in [-0.4, -0.2) is 21.8 Å². The Morgan fingerprint density at radius 3 is 1.00 bits per heavy atom. The molecule has 0 bridgehead atoms. The maximum absolute atomic E-state index is 12.1. The number of rotatable bonds is 0. The Labute approximate surface area is 129 Å². The smallest absolute Gasteiger partial charge is 0.418 e. The van der Waals surface area contributed by atoms with E-state index in [2.05, 4.69) is 15.9 Å². The third-order valence-corrected chi connectivity index (χ3v) is 1.28. The summed E-state index contributed by atoms with van der Waals surface area (Å²) in [4.78, 5) is 0. The highest BCUT2D eigenvalue weighted by Gasteiger charge is 2.21. The minimum absolute atomic E-state index is 0.209. The van der Waals surface area contributed by atoms with Gasteiger partial charge < -0.3 is 51.8 Å². The molecule has 1 rings (SSSR count). The molecule has 0 aliphatic rings. The Kier molecular flexibility index (Phi) is 13.4. The summed E-state index contributed by atoms with van der Waals surface area (Å²) in [5.74, 6) is -0.209. The summed E-state index contributed by atoms with van der Waals surface area (Å²) in [5, 5.41) is 0. The summed E-state index contributed by atoms with van der Waals surface area (Å²) in [5.41, 5.74) is 0. The molecule has 0 spiro atoms. The molecule has 1 aromatic carbocycles. The average molecular weight is 435 g/mol. The van der Waals surface area contributed by atoms with Crippen molar-refractivity contribution in [2.24, 2.45) is 0 Å². The maximum Gasteiger partial charge on any atom is 0.673 e. The molecule has 0 aliphatic carbocycles. The van der Waals surface area contributed by atoms with Crippen molar-refractivity contribution in [3.05, 3.63) is 34.6 Å². The Hall–Kier alpha value is -1.02. The van der Waals surface area contributed by atoms with Gasteiger partial charge in [-0.15, -0.1) is 0 Å². The second-order valence-electron chi connectivity index (χ2n) is 2.92. The fourth-order valence-electron chi connectivity index (χ4n) is 0.460. The summed E-state index contributed by atoms with van der Waals surface area (Å²) >= 11 is 3.12. The van der Waals surface area contributed by atoms with Gasteiger partial charge in [-0.2, -0.15) is 0 Å². The van der Waals surface area contributed by atoms with Crippen LogP contribution in [0.5, 0.6) is 0 Å². The molecule has 0 N–H and O–H groups in total. The predicted octanol–water partition coefficient (Wildman–Crippen LogP) is 6.49. The highest BCUT2D eigenvalue weighted by Crippen LogP contribution is 2.09. The molecule has 0 amide bonds. The first kappa shape index (κ1) is 26.9. The van der Waals surface area contributed by atoms with Gasteiger partial charge >= 0.3 is 21.8 Å². The lowest BCUT2D eigenvalue weighted by atomic mass is 10.3. The molecule has 0 aliphatic heterocycles. The van der Waals surface area contributed by atoms with E-state index < -0.39 is 21.8 Å². The van der Waals surface area contributed by atoms with Crippen LogP contribution in [-0.2, 0) is 0 Å². The number of benzene rings is 1. The number of hydrogen-bond donors (Lipinski definition) is 0. The van der Waals surface area contributed by atoms with Gasteiger partial charge in [0, 0.05) is 4.47 Å². The van der Waals surface area contributed by atoms with Crippen LogP contribution >= 0.6 is 15.9 Å². The quantitative estimate of drug-likeness (QED) is 0.323. The highest BCUT2D eigenvalue weighted by atomic mass is 79.9. The van der Waals surface area contributed by atoms with E-state index in [1.54, 1.807) is 12.1 Å². The Bertz CT molecular complexity index is 350. The van der Waals surface area contributed by atoms with Crippen molar-refractivity contribution < 1.29 is 56.2 Å². The molecule has 0 saturated carbocycles. The number of halogens is 14. The van der Waals surface area contributed by atoms with Crippen LogP contribution in [0.4, 0.5) is 56.2 Å². The first-order valence-corrected chi connectivity index (χ1v) is 5.61. The molecule has 0 nitrogen and oxygen atoms in total. The first-order chi connectivity index (χ1) is 9.79. The molecular formula is C6H4B3BrF13-3. The zero-order valence-corrected chi connectivity index (χ0v) is 11.9. The lowest BCUT2D eigenvalue weighted by molar-refractivity contribution is 0.366. The largest absolute Gasteiger partial charge is 0.673 e. The normalized spacial score (nSPS) is 11.0. The van der Waals surface area contributed by atoms with Crippen LogP contribution in [0.15, 0.2) is 28.7 Å². The molecule has 23 heavy (non-hydrogen) atoms. The van der Waals surface area contributed by atoms with E-state index in [0.29, 0.717) is 0 Å². The van der Waals surface area contributed by atoms with E-state index in [9.17, 15) is 56.2 Å². The molecule has 0 aromatic heterocycles. The van der Waals surface area contributed by atoms with Gasteiger partial charge in [-0.3, -0.25) is 0 Å². The Balaban J connectivity index is -0.000000240. The minimum atomic E-state index is -6.00. The van der Waals surface area contributed by atoms with Crippen molar-refractivity contribution >= 4 is 37.7 Å². The van der Waals surface area contributed by atoms with E-state index in [0.717, 1.165) is 4.47 Å². The van der Waals surface area contributed by atoms with Gasteiger partial charge in [-0.1, -0.05) is 22.0 Å². The lowest BCUT2D eigenvalue weighted by Gasteiger charge is -1.94. The van der Waals surface area contributed by atoms with E-state index in [4.69, 9.17) is 0 Å². The first-order valence-electron chi connectivity index (χ1n) is 4.82. The van der Waals surface area contributed by atoms with E-state index >= 15 is 0 Å². The third kappa shape index (κ3) is 93.7. The molecule has 138 valence electrons. The van der Waals surface area contributed by atoms with Crippen molar-refractivity contribution in [1.82, 2.24) is 0 Å². The summed E-state index contributed by atoms with van der Waals surface area (Å²) in [6, 6.07) is 6.26. The summed E-state index contributed by atoms with van der Waals surface area (Å²) < 4.78 is 130. The van der Waals surface area contributed by atoms with Crippen molar-refractivity contribution in [2.45, 2.75) is 0 Å². The van der Waals surface area contributed by atoms with Crippen molar-refractivity contribution in [3.8, 4) is 0 Å². The van der Waals surface area contributed by atoms with Gasteiger partial charge in [0.1, 0.15) is 5.82 Å². The van der Waals surface area contributed by atoms with Crippen molar-refractivity contribution in [2.75, 3.05) is 0 Å². The monoisotopic (exact) mass is 435 g/mol. The van der Waals surface area contributed by atoms with E-state index in [1.807, 2.05) is 0 Å².